The number of hydrogen-bond acceptors (Lipinski definition) is 2. The number of benzene rings is 1. The summed E-state index contributed by atoms with van der Waals surface area (Å²) in [6.45, 7) is 2.71. The van der Waals surface area contributed by atoms with Gasteiger partial charge in [0.15, 0.2) is 5.75 Å². The van der Waals surface area contributed by atoms with E-state index in [-0.39, 0.29) is 0 Å². The van der Waals surface area contributed by atoms with Crippen LogP contribution in [0.5, 0.6) is 5.75 Å². The summed E-state index contributed by atoms with van der Waals surface area (Å²) < 4.78 is 6.25. The third-order valence-corrected chi connectivity index (χ3v) is 2.68. The van der Waals surface area contributed by atoms with E-state index in [4.69, 9.17) is 21.6 Å². The molecule has 0 aliphatic heterocycles. The fourth-order valence-corrected chi connectivity index (χ4v) is 2.03. The molecule has 80 valence electrons. The lowest BCUT2D eigenvalue weighted by molar-refractivity contribution is 0.306. The van der Waals surface area contributed by atoms with Crippen molar-refractivity contribution in [3.8, 4) is 11.8 Å². The Morgan fingerprint density at radius 3 is 2.87 bits per heavy atom. The second-order valence-corrected chi connectivity index (χ2v) is 4.37. The van der Waals surface area contributed by atoms with Gasteiger partial charge in [0.2, 0.25) is 0 Å². The van der Waals surface area contributed by atoms with E-state index in [1.807, 2.05) is 0 Å². The summed E-state index contributed by atoms with van der Waals surface area (Å²) in [5.74, 6) is 0.579. The number of rotatable bonds is 4. The van der Waals surface area contributed by atoms with Gasteiger partial charge in [0.05, 0.1) is 16.6 Å². The summed E-state index contributed by atoms with van der Waals surface area (Å²) in [6.07, 6.45) is 2.03. The molecule has 0 aliphatic rings. The van der Waals surface area contributed by atoms with Crippen molar-refractivity contribution in [3.05, 3.63) is 27.2 Å². The fraction of sp³-hybridized carbons (Fsp3) is 0.364. The van der Waals surface area contributed by atoms with Crippen LogP contribution in [0.2, 0.25) is 5.02 Å². The van der Waals surface area contributed by atoms with E-state index >= 15 is 0 Å². The Hall–Kier alpha value is -0.720. The molecular formula is C11H11BrClNO. The lowest BCUT2D eigenvalue weighted by atomic mass is 10.2. The van der Waals surface area contributed by atoms with E-state index in [1.165, 1.54) is 0 Å². The Morgan fingerprint density at radius 1 is 1.53 bits per heavy atom. The smallest absolute Gasteiger partial charge is 0.151 e. The van der Waals surface area contributed by atoms with Crippen LogP contribution in [0.25, 0.3) is 0 Å². The maximum atomic E-state index is 8.91. The predicted octanol–water partition coefficient (Wildman–Crippen LogP) is 4.15. The molecule has 0 heterocycles. The molecule has 0 unspecified atom stereocenters. The van der Waals surface area contributed by atoms with Crippen LogP contribution in [-0.2, 0) is 0 Å². The molecule has 1 aromatic carbocycles. The van der Waals surface area contributed by atoms with Crippen molar-refractivity contribution in [1.29, 1.82) is 5.26 Å². The van der Waals surface area contributed by atoms with Gasteiger partial charge < -0.3 is 4.74 Å². The van der Waals surface area contributed by atoms with Gasteiger partial charge in [-0.2, -0.15) is 5.26 Å². The molecule has 0 amide bonds. The lowest BCUT2D eigenvalue weighted by Crippen LogP contribution is -1.99. The van der Waals surface area contributed by atoms with E-state index in [0.29, 0.717) is 22.9 Å². The van der Waals surface area contributed by atoms with Crippen molar-refractivity contribution < 1.29 is 4.74 Å². The Morgan fingerprint density at radius 2 is 2.27 bits per heavy atom. The standard InChI is InChI=1S/C11H11BrClNO/c1-2-3-4-15-11-8(7-14)5-9(13)6-10(11)12/h5-6H,2-4H2,1H3. The highest BCUT2D eigenvalue weighted by molar-refractivity contribution is 9.10. The van der Waals surface area contributed by atoms with Crippen molar-refractivity contribution in [3.63, 3.8) is 0 Å². The monoisotopic (exact) mass is 287 g/mol. The van der Waals surface area contributed by atoms with Gasteiger partial charge in [-0.25, -0.2) is 0 Å². The van der Waals surface area contributed by atoms with Crippen LogP contribution in [0.3, 0.4) is 0 Å². The van der Waals surface area contributed by atoms with E-state index < -0.39 is 0 Å². The van der Waals surface area contributed by atoms with Gasteiger partial charge in [0.1, 0.15) is 6.07 Å². The predicted molar refractivity (Wildman–Crippen MR) is 64.3 cm³/mol. The van der Waals surface area contributed by atoms with Gasteiger partial charge in [-0.05, 0) is 34.5 Å². The molecule has 0 bridgehead atoms. The molecule has 0 atom stereocenters. The zero-order valence-electron chi connectivity index (χ0n) is 8.39. The molecule has 15 heavy (non-hydrogen) atoms. The minimum absolute atomic E-state index is 0.463. The average Bonchev–Trinajstić information content (AvgIpc) is 2.20. The molecule has 1 aromatic rings. The van der Waals surface area contributed by atoms with E-state index in [0.717, 1.165) is 17.3 Å². The SMILES string of the molecule is CCCCOc1c(Br)cc(Cl)cc1C#N. The highest BCUT2D eigenvalue weighted by Crippen LogP contribution is 2.32. The third-order valence-electron chi connectivity index (χ3n) is 1.87. The molecule has 0 aromatic heterocycles. The number of ether oxygens (including phenoxy) is 1. The second-order valence-electron chi connectivity index (χ2n) is 3.08. The quantitative estimate of drug-likeness (QED) is 0.780. The van der Waals surface area contributed by atoms with Gasteiger partial charge in [-0.3, -0.25) is 0 Å². The van der Waals surface area contributed by atoms with Crippen LogP contribution >= 0.6 is 27.5 Å². The number of nitriles is 1. The van der Waals surface area contributed by atoms with Crippen LogP contribution in [0.1, 0.15) is 25.3 Å². The fourth-order valence-electron chi connectivity index (χ4n) is 1.11. The summed E-state index contributed by atoms with van der Waals surface area (Å²) in [4.78, 5) is 0. The first-order chi connectivity index (χ1) is 7.19. The summed E-state index contributed by atoms with van der Waals surface area (Å²) in [6, 6.07) is 5.40. The van der Waals surface area contributed by atoms with Crippen molar-refractivity contribution in [1.82, 2.24) is 0 Å². The largest absolute Gasteiger partial charge is 0.491 e. The van der Waals surface area contributed by atoms with E-state index in [9.17, 15) is 0 Å². The summed E-state index contributed by atoms with van der Waals surface area (Å²) in [5.41, 5.74) is 0.463. The highest BCUT2D eigenvalue weighted by atomic mass is 79.9. The molecule has 0 aliphatic carbocycles. The minimum atomic E-state index is 0.463. The van der Waals surface area contributed by atoms with Crippen LogP contribution in [0.4, 0.5) is 0 Å². The van der Waals surface area contributed by atoms with Gasteiger partial charge >= 0.3 is 0 Å². The minimum Gasteiger partial charge on any atom is -0.491 e. The molecule has 1 rings (SSSR count). The van der Waals surface area contributed by atoms with Crippen molar-refractivity contribution in [2.24, 2.45) is 0 Å². The maximum absolute atomic E-state index is 8.91. The summed E-state index contributed by atoms with van der Waals surface area (Å²) in [7, 11) is 0. The molecule has 0 fully saturated rings. The molecule has 0 N–H and O–H groups in total. The summed E-state index contributed by atoms with van der Waals surface area (Å²) in [5, 5.41) is 9.44. The molecule has 0 spiro atoms. The van der Waals surface area contributed by atoms with Gasteiger partial charge in [-0.1, -0.05) is 24.9 Å². The van der Waals surface area contributed by atoms with Gasteiger partial charge in [0.25, 0.3) is 0 Å². The first-order valence-electron chi connectivity index (χ1n) is 4.71. The normalized spacial score (nSPS) is 9.73. The molecule has 0 saturated carbocycles. The molecular weight excluding hydrogens is 277 g/mol. The van der Waals surface area contributed by atoms with Crippen LogP contribution in [0.15, 0.2) is 16.6 Å². The average molecular weight is 289 g/mol. The van der Waals surface area contributed by atoms with Crippen LogP contribution < -0.4 is 4.74 Å². The number of hydrogen-bond donors (Lipinski definition) is 0. The second kappa shape index (κ2) is 5.99. The first-order valence-corrected chi connectivity index (χ1v) is 5.88. The Labute approximate surface area is 103 Å². The first kappa shape index (κ1) is 12.4. The lowest BCUT2D eigenvalue weighted by Gasteiger charge is -2.09. The molecule has 4 heteroatoms. The maximum Gasteiger partial charge on any atom is 0.151 e. The van der Waals surface area contributed by atoms with Crippen molar-refractivity contribution in [2.75, 3.05) is 6.61 Å². The molecule has 0 radical (unpaired) electrons. The van der Waals surface area contributed by atoms with Gasteiger partial charge in [0, 0.05) is 5.02 Å². The van der Waals surface area contributed by atoms with Crippen LogP contribution in [-0.4, -0.2) is 6.61 Å². The van der Waals surface area contributed by atoms with Crippen molar-refractivity contribution in [2.45, 2.75) is 19.8 Å². The van der Waals surface area contributed by atoms with E-state index in [2.05, 4.69) is 28.9 Å². The number of unbranched alkanes of at least 4 members (excludes halogenated alkanes) is 1. The Bertz CT molecular complexity index is 387. The van der Waals surface area contributed by atoms with Crippen molar-refractivity contribution >= 4 is 27.5 Å². The number of nitrogens with zero attached hydrogens (tertiary/aromatic N) is 1. The zero-order chi connectivity index (χ0) is 11.3. The van der Waals surface area contributed by atoms with E-state index in [1.54, 1.807) is 12.1 Å². The molecule has 0 saturated heterocycles. The highest BCUT2D eigenvalue weighted by Gasteiger charge is 2.09. The van der Waals surface area contributed by atoms with Gasteiger partial charge in [-0.15, -0.1) is 0 Å². The third kappa shape index (κ3) is 3.40. The summed E-state index contributed by atoms with van der Waals surface area (Å²) >= 11 is 9.16. The van der Waals surface area contributed by atoms with Crippen LogP contribution in [0, 0.1) is 11.3 Å². The topological polar surface area (TPSA) is 33.0 Å². The number of halogens is 2. The molecule has 2 nitrogen and oxygen atoms in total. The zero-order valence-corrected chi connectivity index (χ0v) is 10.7. The Kier molecular flexibility index (Phi) is 4.93. The Balaban J connectivity index is 2.90.